The van der Waals surface area contributed by atoms with Crippen LogP contribution in [0.2, 0.25) is 0 Å². The number of carbonyl (C=O) groups excluding carboxylic acids is 2. The molecule has 2 N–H and O–H groups in total. The van der Waals surface area contributed by atoms with Crippen LogP contribution in [0.5, 0.6) is 5.75 Å². The Morgan fingerprint density at radius 2 is 1.78 bits per heavy atom. The van der Waals surface area contributed by atoms with E-state index < -0.39 is 23.3 Å². The van der Waals surface area contributed by atoms with E-state index in [-0.39, 0.29) is 23.3 Å². The van der Waals surface area contributed by atoms with E-state index in [0.717, 1.165) is 36.5 Å². The Balaban J connectivity index is 1.38. The number of fused-ring (bicyclic) bond motifs is 1. The van der Waals surface area contributed by atoms with Gasteiger partial charge >= 0.3 is 0 Å². The molecule has 1 unspecified atom stereocenters. The first-order valence-corrected chi connectivity index (χ1v) is 12.8. The number of likely N-dealkylation sites (tertiary alicyclic amines) is 1. The van der Waals surface area contributed by atoms with Crippen LogP contribution in [-0.4, -0.2) is 51.9 Å². The van der Waals surface area contributed by atoms with Gasteiger partial charge in [-0.25, -0.2) is 4.39 Å². The number of hydrogen-bond donors (Lipinski definition) is 2. The molecule has 1 saturated heterocycles. The fourth-order valence-corrected chi connectivity index (χ4v) is 6.08. The average Bonchev–Trinajstić information content (AvgIpc) is 3.43. The van der Waals surface area contributed by atoms with Crippen LogP contribution in [0.1, 0.15) is 53.2 Å². The molecule has 0 bridgehead atoms. The monoisotopic (exact) mass is 501 g/mol. The summed E-state index contributed by atoms with van der Waals surface area (Å²) in [6.45, 7) is 1.05. The van der Waals surface area contributed by atoms with Gasteiger partial charge in [-0.2, -0.15) is 0 Å². The molecule has 3 atom stereocenters. The van der Waals surface area contributed by atoms with Crippen molar-refractivity contribution in [3.63, 3.8) is 0 Å². The average molecular weight is 502 g/mol. The van der Waals surface area contributed by atoms with Crippen molar-refractivity contribution in [2.75, 3.05) is 13.6 Å². The summed E-state index contributed by atoms with van der Waals surface area (Å²) in [7, 11) is 1.95. The van der Waals surface area contributed by atoms with Gasteiger partial charge in [0.2, 0.25) is 5.91 Å². The lowest BCUT2D eigenvalue weighted by Gasteiger charge is -2.36. The summed E-state index contributed by atoms with van der Waals surface area (Å²) in [5.74, 6) is -1.45. The van der Waals surface area contributed by atoms with Crippen molar-refractivity contribution in [1.82, 2.24) is 15.1 Å². The van der Waals surface area contributed by atoms with Gasteiger partial charge in [0, 0.05) is 19.2 Å². The molecule has 0 aromatic heterocycles. The lowest BCUT2D eigenvalue weighted by molar-refractivity contribution is -0.128. The SMILES string of the molecule is CN(Cc1ccccc1)C(C(=O)N[C@@]12CCC[C@@H]1N(C(=O)c1ccc(O)cc1F)CC2)c1ccccc1. The van der Waals surface area contributed by atoms with Gasteiger partial charge in [0.15, 0.2) is 0 Å². The van der Waals surface area contributed by atoms with Gasteiger partial charge in [-0.1, -0.05) is 60.7 Å². The summed E-state index contributed by atoms with van der Waals surface area (Å²) in [4.78, 5) is 31.0. The van der Waals surface area contributed by atoms with E-state index in [2.05, 4.69) is 5.32 Å². The summed E-state index contributed by atoms with van der Waals surface area (Å²) < 4.78 is 14.5. The van der Waals surface area contributed by atoms with E-state index in [4.69, 9.17) is 0 Å². The first-order valence-electron chi connectivity index (χ1n) is 12.8. The van der Waals surface area contributed by atoms with E-state index in [1.807, 2.05) is 72.6 Å². The number of amides is 2. The predicted molar refractivity (Wildman–Crippen MR) is 139 cm³/mol. The maximum Gasteiger partial charge on any atom is 0.257 e. The Labute approximate surface area is 216 Å². The van der Waals surface area contributed by atoms with E-state index in [1.54, 1.807) is 4.90 Å². The number of hydrogen-bond acceptors (Lipinski definition) is 4. The predicted octanol–water partition coefficient (Wildman–Crippen LogP) is 4.66. The first-order chi connectivity index (χ1) is 17.9. The third kappa shape index (κ3) is 4.96. The van der Waals surface area contributed by atoms with Crippen molar-refractivity contribution in [3.05, 3.63) is 101 Å². The number of nitrogens with zero attached hydrogens (tertiary/aromatic N) is 2. The van der Waals surface area contributed by atoms with Crippen LogP contribution in [-0.2, 0) is 11.3 Å². The summed E-state index contributed by atoms with van der Waals surface area (Å²) in [5.41, 5.74) is 1.42. The number of carbonyl (C=O) groups is 2. The maximum absolute atomic E-state index is 14.5. The van der Waals surface area contributed by atoms with Crippen molar-refractivity contribution < 1.29 is 19.1 Å². The minimum atomic E-state index is -0.740. The van der Waals surface area contributed by atoms with Crippen LogP contribution < -0.4 is 5.32 Å². The molecule has 0 radical (unpaired) electrons. The van der Waals surface area contributed by atoms with Gasteiger partial charge in [-0.05, 0) is 56.0 Å². The van der Waals surface area contributed by atoms with Crippen LogP contribution in [0.15, 0.2) is 78.9 Å². The van der Waals surface area contributed by atoms with Gasteiger partial charge < -0.3 is 15.3 Å². The zero-order valence-electron chi connectivity index (χ0n) is 20.9. The number of likely N-dealkylation sites (N-methyl/N-ethyl adjacent to an activating group) is 1. The lowest BCUT2D eigenvalue weighted by Crippen LogP contribution is -2.56. The Morgan fingerprint density at radius 3 is 2.49 bits per heavy atom. The third-order valence-electron chi connectivity index (χ3n) is 7.81. The van der Waals surface area contributed by atoms with Crippen molar-refractivity contribution in [2.24, 2.45) is 0 Å². The van der Waals surface area contributed by atoms with Crippen LogP contribution in [0, 0.1) is 5.82 Å². The maximum atomic E-state index is 14.5. The molecular weight excluding hydrogens is 469 g/mol. The molecule has 2 amide bonds. The molecule has 2 aliphatic rings. The molecule has 3 aromatic rings. The highest BCUT2D eigenvalue weighted by Crippen LogP contribution is 2.43. The van der Waals surface area contributed by atoms with Gasteiger partial charge in [-0.15, -0.1) is 0 Å². The number of halogens is 1. The second-order valence-corrected chi connectivity index (χ2v) is 10.2. The minimum Gasteiger partial charge on any atom is -0.508 e. The number of rotatable bonds is 7. The molecule has 3 aromatic carbocycles. The molecule has 6 nitrogen and oxygen atoms in total. The highest BCUT2D eigenvalue weighted by Gasteiger charge is 2.53. The van der Waals surface area contributed by atoms with E-state index in [1.165, 1.54) is 12.1 Å². The zero-order valence-corrected chi connectivity index (χ0v) is 20.9. The van der Waals surface area contributed by atoms with Gasteiger partial charge in [0.05, 0.1) is 17.1 Å². The highest BCUT2D eigenvalue weighted by atomic mass is 19.1. The summed E-state index contributed by atoms with van der Waals surface area (Å²) in [6.07, 6.45) is 3.03. The van der Waals surface area contributed by atoms with Crippen LogP contribution in [0.4, 0.5) is 4.39 Å². The Morgan fingerprint density at radius 1 is 1.08 bits per heavy atom. The standard InChI is InChI=1S/C30H32FN3O3/c1-33(20-21-9-4-2-5-10-21)27(22-11-6-3-7-12-22)28(36)32-30-16-8-13-26(30)34(18-17-30)29(37)24-15-14-23(35)19-25(24)31/h2-7,9-12,14-15,19,26-27,35H,8,13,16-18,20H2,1H3,(H,32,36)/t26-,27?,30+/m0/s1. The molecule has 2 fully saturated rings. The lowest BCUT2D eigenvalue weighted by atomic mass is 9.91. The number of nitrogens with one attached hydrogen (secondary N) is 1. The van der Waals surface area contributed by atoms with Crippen molar-refractivity contribution in [3.8, 4) is 5.75 Å². The summed E-state index contributed by atoms with van der Waals surface area (Å²) in [5, 5.41) is 12.9. The van der Waals surface area contributed by atoms with Crippen LogP contribution >= 0.6 is 0 Å². The Bertz CT molecular complexity index is 1270. The largest absolute Gasteiger partial charge is 0.508 e. The van der Waals surface area contributed by atoms with E-state index >= 15 is 0 Å². The molecule has 192 valence electrons. The van der Waals surface area contributed by atoms with Gasteiger partial charge in [0.25, 0.3) is 5.91 Å². The topological polar surface area (TPSA) is 72.9 Å². The molecule has 37 heavy (non-hydrogen) atoms. The van der Waals surface area contributed by atoms with Crippen molar-refractivity contribution >= 4 is 11.8 Å². The minimum absolute atomic E-state index is 0.0587. The molecule has 5 rings (SSSR count). The van der Waals surface area contributed by atoms with Crippen LogP contribution in [0.25, 0.3) is 0 Å². The number of phenolic OH excluding ortho intramolecular Hbond substituents is 1. The zero-order chi connectivity index (χ0) is 26.0. The highest BCUT2D eigenvalue weighted by molar-refractivity contribution is 5.95. The van der Waals surface area contributed by atoms with Gasteiger partial charge in [0.1, 0.15) is 17.6 Å². The van der Waals surface area contributed by atoms with Crippen LogP contribution in [0.3, 0.4) is 0 Å². The number of phenols is 1. The second kappa shape index (κ2) is 10.3. The van der Waals surface area contributed by atoms with Gasteiger partial charge in [-0.3, -0.25) is 14.5 Å². The molecule has 1 saturated carbocycles. The first kappa shape index (κ1) is 25.0. The van der Waals surface area contributed by atoms with E-state index in [9.17, 15) is 19.1 Å². The molecule has 1 heterocycles. The number of benzene rings is 3. The summed E-state index contributed by atoms with van der Waals surface area (Å²) >= 11 is 0. The molecule has 7 heteroatoms. The Kier molecular flexibility index (Phi) is 6.98. The van der Waals surface area contributed by atoms with E-state index in [0.29, 0.717) is 19.5 Å². The quantitative estimate of drug-likeness (QED) is 0.494. The normalized spacial score (nSPS) is 21.6. The molecule has 0 spiro atoms. The third-order valence-corrected chi connectivity index (χ3v) is 7.81. The molecular formula is C30H32FN3O3. The Hall–Kier alpha value is -3.71. The second-order valence-electron chi connectivity index (χ2n) is 10.2. The van der Waals surface area contributed by atoms with Crippen molar-refractivity contribution in [1.29, 1.82) is 0 Å². The fraction of sp³-hybridized carbons (Fsp3) is 0.333. The smallest absolute Gasteiger partial charge is 0.257 e. The summed E-state index contributed by atoms with van der Waals surface area (Å²) in [6, 6.07) is 22.7. The fourth-order valence-electron chi connectivity index (χ4n) is 6.08. The number of aromatic hydroxyl groups is 1. The molecule has 1 aliphatic carbocycles. The molecule has 1 aliphatic heterocycles. The van der Waals surface area contributed by atoms with Crippen molar-refractivity contribution in [2.45, 2.75) is 49.9 Å².